The Morgan fingerprint density at radius 2 is 1.00 bits per heavy atom. The van der Waals surface area contributed by atoms with Crippen LogP contribution in [-0.4, -0.2) is 144 Å². The first kappa shape index (κ1) is 30.3. The van der Waals surface area contributed by atoms with Crippen LogP contribution in [0.25, 0.3) is 0 Å². The lowest BCUT2D eigenvalue weighted by Crippen LogP contribution is -2.49. The van der Waals surface area contributed by atoms with Crippen molar-refractivity contribution in [2.75, 3.05) is 85.1 Å². The van der Waals surface area contributed by atoms with E-state index in [0.717, 1.165) is 25.7 Å². The van der Waals surface area contributed by atoms with Gasteiger partial charge in [0.05, 0.1) is 26.2 Å². The van der Waals surface area contributed by atoms with Gasteiger partial charge in [-0.25, -0.2) is 0 Å². The molecule has 0 saturated carbocycles. The Morgan fingerprint density at radius 1 is 0.629 bits per heavy atom. The van der Waals surface area contributed by atoms with Gasteiger partial charge in [0.25, 0.3) is 0 Å². The maximum Gasteiger partial charge on any atom is 0.317 e. The summed E-state index contributed by atoms with van der Waals surface area (Å²) in [6, 6.07) is 0. The number of terminal acetylenes is 1. The van der Waals surface area contributed by atoms with Gasteiger partial charge >= 0.3 is 17.9 Å². The maximum atomic E-state index is 12.5. The van der Waals surface area contributed by atoms with Gasteiger partial charge in [-0.2, -0.15) is 0 Å². The molecule has 4 N–H and O–H groups in total. The van der Waals surface area contributed by atoms with E-state index in [2.05, 4.69) is 11.2 Å². The van der Waals surface area contributed by atoms with Gasteiger partial charge in [-0.05, 0) is 12.8 Å². The molecule has 198 valence electrons. The minimum atomic E-state index is -1.00. The quantitative estimate of drug-likeness (QED) is 0.179. The topological polar surface area (TPSA) is 154 Å². The first-order valence-electron chi connectivity index (χ1n) is 11.9. The van der Waals surface area contributed by atoms with Crippen molar-refractivity contribution < 1.29 is 34.5 Å². The summed E-state index contributed by atoms with van der Waals surface area (Å²) in [7, 11) is 0. The normalized spacial score (nSPS) is 17.6. The molecule has 0 spiro atoms. The molecule has 0 aromatic heterocycles. The second-order valence-electron chi connectivity index (χ2n) is 8.65. The van der Waals surface area contributed by atoms with Crippen molar-refractivity contribution in [3.05, 3.63) is 0 Å². The molecule has 1 saturated heterocycles. The van der Waals surface area contributed by atoms with Crippen LogP contribution in [0.2, 0.25) is 0 Å². The highest BCUT2D eigenvalue weighted by Gasteiger charge is 2.21. The summed E-state index contributed by atoms with van der Waals surface area (Å²) in [6.07, 6.45) is 8.63. The highest BCUT2D eigenvalue weighted by molar-refractivity contribution is 5.78. The fourth-order valence-corrected chi connectivity index (χ4v) is 3.80. The Balaban J connectivity index is 2.80. The van der Waals surface area contributed by atoms with Gasteiger partial charge in [0.2, 0.25) is 5.91 Å². The molecule has 0 unspecified atom stereocenters. The van der Waals surface area contributed by atoms with Crippen LogP contribution in [0.1, 0.15) is 25.7 Å². The lowest BCUT2D eigenvalue weighted by Gasteiger charge is -2.32. The molecule has 0 bridgehead atoms. The molecule has 1 fully saturated rings. The molecule has 12 nitrogen and oxygen atoms in total. The Bertz CT molecular complexity index is 696. The molecule has 12 heteroatoms. The first-order valence-corrected chi connectivity index (χ1v) is 11.9. The van der Waals surface area contributed by atoms with Crippen LogP contribution in [0.3, 0.4) is 0 Å². The zero-order chi connectivity index (χ0) is 26.1. The fourth-order valence-electron chi connectivity index (χ4n) is 3.80. The summed E-state index contributed by atoms with van der Waals surface area (Å²) in [5.41, 5.74) is 0. The molecule has 0 atom stereocenters. The molecule has 1 rings (SSSR count). The molecule has 35 heavy (non-hydrogen) atoms. The van der Waals surface area contributed by atoms with Crippen molar-refractivity contribution in [3.8, 4) is 12.3 Å². The van der Waals surface area contributed by atoms with Gasteiger partial charge in [0, 0.05) is 65.3 Å². The third-order valence-electron chi connectivity index (χ3n) is 5.69. The largest absolute Gasteiger partial charge is 0.480 e. The SMILES string of the molecule is C#CCCCCCNC(=O)CN1CCN(CC(=O)O)CCN(CC(=O)O)CCN(CC(=O)O)CC1. The van der Waals surface area contributed by atoms with Crippen molar-refractivity contribution in [3.63, 3.8) is 0 Å². The number of nitrogens with one attached hydrogen (secondary N) is 1. The van der Waals surface area contributed by atoms with Crippen LogP contribution in [0.5, 0.6) is 0 Å². The van der Waals surface area contributed by atoms with Gasteiger partial charge in [0.1, 0.15) is 0 Å². The zero-order valence-corrected chi connectivity index (χ0v) is 20.4. The van der Waals surface area contributed by atoms with Crippen molar-refractivity contribution >= 4 is 23.8 Å². The average molecular weight is 498 g/mol. The molecule has 1 heterocycles. The van der Waals surface area contributed by atoms with Crippen LogP contribution in [0.4, 0.5) is 0 Å². The smallest absolute Gasteiger partial charge is 0.317 e. The Kier molecular flexibility index (Phi) is 15.3. The van der Waals surface area contributed by atoms with Crippen LogP contribution in [-0.2, 0) is 19.2 Å². The first-order chi connectivity index (χ1) is 16.7. The second-order valence-corrected chi connectivity index (χ2v) is 8.65. The standard InChI is InChI=1S/C23H39N5O7/c1-2-3-4-5-6-7-24-20(29)16-25-8-10-26(17-21(30)31)12-14-28(19-23(34)35)15-13-27(11-9-25)18-22(32)33/h1H,3-19H2,(H,24,29)(H,30,31)(H,32,33)(H,34,35). The van der Waals surface area contributed by atoms with Crippen LogP contribution in [0, 0.1) is 12.3 Å². The van der Waals surface area contributed by atoms with Crippen molar-refractivity contribution in [2.24, 2.45) is 0 Å². The minimum Gasteiger partial charge on any atom is -0.480 e. The Morgan fingerprint density at radius 3 is 1.34 bits per heavy atom. The number of carboxylic acids is 3. The molecule has 0 aliphatic carbocycles. The fraction of sp³-hybridized carbons (Fsp3) is 0.739. The van der Waals surface area contributed by atoms with E-state index in [1.807, 2.05) is 4.90 Å². The highest BCUT2D eigenvalue weighted by atomic mass is 16.4. The predicted molar refractivity (Wildman–Crippen MR) is 129 cm³/mol. The summed E-state index contributed by atoms with van der Waals surface area (Å²) in [4.78, 5) is 53.4. The van der Waals surface area contributed by atoms with Crippen LogP contribution >= 0.6 is 0 Å². The third kappa shape index (κ3) is 15.7. The lowest BCUT2D eigenvalue weighted by atomic mass is 10.2. The molecule has 0 aromatic rings. The number of carbonyl (C=O) groups is 4. The molecule has 1 amide bonds. The van der Waals surface area contributed by atoms with E-state index in [1.165, 1.54) is 0 Å². The Labute approximate surface area is 206 Å². The number of unbranched alkanes of at least 4 members (excludes halogenated alkanes) is 3. The van der Waals surface area contributed by atoms with Gasteiger partial charge in [-0.3, -0.25) is 38.8 Å². The molecule has 1 aliphatic rings. The summed E-state index contributed by atoms with van der Waals surface area (Å²) < 4.78 is 0. The number of carbonyl (C=O) groups excluding carboxylic acids is 1. The summed E-state index contributed by atoms with van der Waals surface area (Å²) >= 11 is 0. The van der Waals surface area contributed by atoms with E-state index in [0.29, 0.717) is 58.9 Å². The van der Waals surface area contributed by atoms with E-state index < -0.39 is 17.9 Å². The number of aliphatic carboxylic acids is 3. The van der Waals surface area contributed by atoms with E-state index in [9.17, 15) is 34.5 Å². The maximum absolute atomic E-state index is 12.5. The van der Waals surface area contributed by atoms with Crippen molar-refractivity contribution in [2.45, 2.75) is 25.7 Å². The average Bonchev–Trinajstić information content (AvgIpc) is 2.77. The van der Waals surface area contributed by atoms with Crippen LogP contribution in [0.15, 0.2) is 0 Å². The summed E-state index contributed by atoms with van der Waals surface area (Å²) in [5, 5.41) is 30.6. The predicted octanol–water partition coefficient (Wildman–Crippen LogP) is -1.23. The van der Waals surface area contributed by atoms with Crippen molar-refractivity contribution in [1.29, 1.82) is 0 Å². The number of amides is 1. The third-order valence-corrected chi connectivity index (χ3v) is 5.69. The van der Waals surface area contributed by atoms with Gasteiger partial charge in [-0.1, -0.05) is 6.42 Å². The molecular formula is C23H39N5O7. The molecule has 0 aromatic carbocycles. The second kappa shape index (κ2) is 17.7. The van der Waals surface area contributed by atoms with Gasteiger partial charge < -0.3 is 20.6 Å². The van der Waals surface area contributed by atoms with E-state index in [4.69, 9.17) is 6.42 Å². The number of rotatable bonds is 13. The molecule has 0 radical (unpaired) electrons. The minimum absolute atomic E-state index is 0.122. The van der Waals surface area contributed by atoms with E-state index >= 15 is 0 Å². The Hall–Kier alpha value is -2.72. The molecular weight excluding hydrogens is 458 g/mol. The van der Waals surface area contributed by atoms with Crippen molar-refractivity contribution in [1.82, 2.24) is 24.9 Å². The van der Waals surface area contributed by atoms with Gasteiger partial charge in [0.15, 0.2) is 0 Å². The summed E-state index contributed by atoms with van der Waals surface area (Å²) in [5.74, 6) is -0.520. The summed E-state index contributed by atoms with van der Waals surface area (Å²) in [6.45, 7) is 3.03. The zero-order valence-electron chi connectivity index (χ0n) is 20.4. The number of hydrogen-bond donors (Lipinski definition) is 4. The number of carboxylic acid groups (broad SMARTS) is 3. The number of hydrogen-bond acceptors (Lipinski definition) is 8. The highest BCUT2D eigenvalue weighted by Crippen LogP contribution is 2.02. The lowest BCUT2D eigenvalue weighted by molar-refractivity contribution is -0.140. The monoisotopic (exact) mass is 497 g/mol. The van der Waals surface area contributed by atoms with E-state index in [-0.39, 0.29) is 32.1 Å². The molecule has 1 aliphatic heterocycles. The van der Waals surface area contributed by atoms with Gasteiger partial charge in [-0.15, -0.1) is 12.3 Å². The van der Waals surface area contributed by atoms with Crippen LogP contribution < -0.4 is 5.32 Å². The number of nitrogens with zero attached hydrogens (tertiary/aromatic N) is 4. The van der Waals surface area contributed by atoms with E-state index in [1.54, 1.807) is 14.7 Å².